The van der Waals surface area contributed by atoms with Gasteiger partial charge in [0.15, 0.2) is 0 Å². The quantitative estimate of drug-likeness (QED) is 0.643. The molecular formula is C12H12ClFN2. The van der Waals surface area contributed by atoms with Crippen LogP contribution in [-0.2, 0) is 0 Å². The fourth-order valence-electron chi connectivity index (χ4n) is 1.34. The molecule has 0 aliphatic rings. The standard InChI is InChI=1S/C12H11FN2.ClH/c13-10-6-8-12(9-7-10)15(14)11-4-2-1-3-5-11;/h1-9H,14H2;1H. The zero-order valence-electron chi connectivity index (χ0n) is 8.51. The highest BCUT2D eigenvalue weighted by atomic mass is 35.5. The third kappa shape index (κ3) is 2.72. The highest BCUT2D eigenvalue weighted by Gasteiger charge is 2.03. The van der Waals surface area contributed by atoms with Crippen molar-refractivity contribution in [3.05, 3.63) is 60.4 Å². The van der Waals surface area contributed by atoms with E-state index in [1.807, 2.05) is 30.3 Å². The van der Waals surface area contributed by atoms with E-state index in [9.17, 15) is 4.39 Å². The Labute approximate surface area is 99.9 Å². The van der Waals surface area contributed by atoms with Crippen LogP contribution in [-0.4, -0.2) is 0 Å². The Morgan fingerprint density at radius 3 is 1.88 bits per heavy atom. The molecule has 0 aromatic heterocycles. The second kappa shape index (κ2) is 5.49. The summed E-state index contributed by atoms with van der Waals surface area (Å²) in [7, 11) is 0. The number of nitrogens with two attached hydrogens (primary N) is 1. The minimum atomic E-state index is -0.264. The van der Waals surface area contributed by atoms with Gasteiger partial charge in [-0.1, -0.05) is 18.2 Å². The lowest BCUT2D eigenvalue weighted by atomic mass is 10.2. The van der Waals surface area contributed by atoms with Gasteiger partial charge in [-0.2, -0.15) is 0 Å². The molecule has 0 saturated carbocycles. The lowest BCUT2D eigenvalue weighted by molar-refractivity contribution is 0.628. The van der Waals surface area contributed by atoms with Crippen molar-refractivity contribution in [3.63, 3.8) is 0 Å². The Morgan fingerprint density at radius 2 is 1.31 bits per heavy atom. The van der Waals surface area contributed by atoms with E-state index in [4.69, 9.17) is 5.84 Å². The van der Waals surface area contributed by atoms with Crippen molar-refractivity contribution < 1.29 is 4.39 Å². The summed E-state index contributed by atoms with van der Waals surface area (Å²) in [5.74, 6) is 5.61. The van der Waals surface area contributed by atoms with Gasteiger partial charge in [0.2, 0.25) is 0 Å². The van der Waals surface area contributed by atoms with E-state index in [0.717, 1.165) is 11.4 Å². The maximum atomic E-state index is 12.7. The van der Waals surface area contributed by atoms with Crippen LogP contribution in [0.3, 0.4) is 0 Å². The molecule has 0 aliphatic carbocycles. The molecule has 2 aromatic rings. The molecular weight excluding hydrogens is 227 g/mol. The topological polar surface area (TPSA) is 29.3 Å². The van der Waals surface area contributed by atoms with E-state index in [1.54, 1.807) is 12.1 Å². The van der Waals surface area contributed by atoms with E-state index in [2.05, 4.69) is 0 Å². The van der Waals surface area contributed by atoms with Crippen LogP contribution in [0.15, 0.2) is 54.6 Å². The number of rotatable bonds is 2. The molecule has 0 radical (unpaired) electrons. The first-order valence-corrected chi connectivity index (χ1v) is 4.63. The molecule has 0 fully saturated rings. The van der Waals surface area contributed by atoms with Gasteiger partial charge in [-0.25, -0.2) is 10.2 Å². The van der Waals surface area contributed by atoms with Crippen LogP contribution >= 0.6 is 12.4 Å². The average Bonchev–Trinajstić information content (AvgIpc) is 2.30. The summed E-state index contributed by atoms with van der Waals surface area (Å²) < 4.78 is 12.7. The molecule has 16 heavy (non-hydrogen) atoms. The van der Waals surface area contributed by atoms with Crippen molar-refractivity contribution in [1.82, 2.24) is 0 Å². The van der Waals surface area contributed by atoms with Crippen LogP contribution in [0.2, 0.25) is 0 Å². The smallest absolute Gasteiger partial charge is 0.123 e. The summed E-state index contributed by atoms with van der Waals surface area (Å²) in [6.07, 6.45) is 0. The molecule has 0 unspecified atom stereocenters. The van der Waals surface area contributed by atoms with Gasteiger partial charge >= 0.3 is 0 Å². The molecule has 0 saturated heterocycles. The number of nitrogens with zero attached hydrogens (tertiary/aromatic N) is 1. The summed E-state index contributed by atoms with van der Waals surface area (Å²) >= 11 is 0. The van der Waals surface area contributed by atoms with Crippen LogP contribution in [0.4, 0.5) is 15.8 Å². The monoisotopic (exact) mass is 238 g/mol. The molecule has 0 atom stereocenters. The number of hydrazine groups is 1. The summed E-state index contributed by atoms with van der Waals surface area (Å²) in [5, 5.41) is 1.51. The fourth-order valence-corrected chi connectivity index (χ4v) is 1.34. The van der Waals surface area contributed by atoms with Gasteiger partial charge in [0.1, 0.15) is 5.82 Å². The first-order valence-electron chi connectivity index (χ1n) is 4.63. The van der Waals surface area contributed by atoms with Gasteiger partial charge in [-0.15, -0.1) is 12.4 Å². The van der Waals surface area contributed by atoms with Crippen LogP contribution in [0, 0.1) is 5.82 Å². The number of hydrogen-bond acceptors (Lipinski definition) is 2. The van der Waals surface area contributed by atoms with Gasteiger partial charge < -0.3 is 0 Å². The molecule has 4 heteroatoms. The van der Waals surface area contributed by atoms with E-state index in [-0.39, 0.29) is 18.2 Å². The number of halogens is 2. The zero-order valence-corrected chi connectivity index (χ0v) is 9.32. The van der Waals surface area contributed by atoms with E-state index in [0.29, 0.717) is 0 Å². The van der Waals surface area contributed by atoms with Crippen molar-refractivity contribution in [2.45, 2.75) is 0 Å². The number of hydrogen-bond donors (Lipinski definition) is 1. The van der Waals surface area contributed by atoms with E-state index < -0.39 is 0 Å². The van der Waals surface area contributed by atoms with E-state index >= 15 is 0 Å². The van der Waals surface area contributed by atoms with E-state index in [1.165, 1.54) is 17.1 Å². The van der Waals surface area contributed by atoms with Crippen LogP contribution < -0.4 is 10.9 Å². The third-order valence-electron chi connectivity index (χ3n) is 2.14. The molecule has 84 valence electrons. The predicted octanol–water partition coefficient (Wildman–Crippen LogP) is 3.26. The Kier molecular flexibility index (Phi) is 4.28. The molecule has 2 nitrogen and oxygen atoms in total. The molecule has 0 amide bonds. The number of anilines is 2. The van der Waals surface area contributed by atoms with Gasteiger partial charge in [0, 0.05) is 0 Å². The largest absolute Gasteiger partial charge is 0.280 e. The van der Waals surface area contributed by atoms with Gasteiger partial charge in [0.25, 0.3) is 0 Å². The first kappa shape index (κ1) is 12.5. The summed E-state index contributed by atoms with van der Waals surface area (Å²) in [6.45, 7) is 0. The Bertz CT molecular complexity index is 431. The zero-order chi connectivity index (χ0) is 10.7. The van der Waals surface area contributed by atoms with Crippen molar-refractivity contribution in [1.29, 1.82) is 0 Å². The summed E-state index contributed by atoms with van der Waals surface area (Å²) in [5.41, 5.74) is 1.62. The summed E-state index contributed by atoms with van der Waals surface area (Å²) in [6, 6.07) is 15.6. The summed E-state index contributed by atoms with van der Waals surface area (Å²) in [4.78, 5) is 0. The van der Waals surface area contributed by atoms with Crippen LogP contribution in [0.25, 0.3) is 0 Å². The minimum Gasteiger partial charge on any atom is -0.280 e. The lowest BCUT2D eigenvalue weighted by Gasteiger charge is -2.18. The molecule has 0 aliphatic heterocycles. The number of benzene rings is 2. The molecule has 0 bridgehead atoms. The highest BCUT2D eigenvalue weighted by molar-refractivity contribution is 5.85. The number of para-hydroxylation sites is 1. The third-order valence-corrected chi connectivity index (χ3v) is 2.14. The fraction of sp³-hybridized carbons (Fsp3) is 0. The normalized spacial score (nSPS) is 9.38. The Balaban J connectivity index is 0.00000128. The molecule has 0 heterocycles. The van der Waals surface area contributed by atoms with Gasteiger partial charge in [0.05, 0.1) is 11.4 Å². The van der Waals surface area contributed by atoms with Crippen LogP contribution in [0.5, 0.6) is 0 Å². The van der Waals surface area contributed by atoms with Crippen molar-refractivity contribution in [2.24, 2.45) is 5.84 Å². The first-order chi connectivity index (χ1) is 7.27. The molecule has 2 N–H and O–H groups in total. The molecule has 2 aromatic carbocycles. The van der Waals surface area contributed by atoms with Crippen LogP contribution in [0.1, 0.15) is 0 Å². The van der Waals surface area contributed by atoms with Gasteiger partial charge in [-0.05, 0) is 36.4 Å². The van der Waals surface area contributed by atoms with Crippen molar-refractivity contribution in [2.75, 3.05) is 5.01 Å². The Hall–Kier alpha value is -1.58. The molecule has 0 spiro atoms. The predicted molar refractivity (Wildman–Crippen MR) is 66.4 cm³/mol. The minimum absolute atomic E-state index is 0. The Morgan fingerprint density at radius 1 is 0.812 bits per heavy atom. The lowest BCUT2D eigenvalue weighted by Crippen LogP contribution is -2.24. The van der Waals surface area contributed by atoms with Gasteiger partial charge in [-0.3, -0.25) is 5.01 Å². The maximum absolute atomic E-state index is 12.7. The second-order valence-corrected chi connectivity index (χ2v) is 3.18. The van der Waals surface area contributed by atoms with Crippen molar-refractivity contribution >= 4 is 23.8 Å². The SMILES string of the molecule is Cl.NN(c1ccccc1)c1ccc(F)cc1. The molecule has 2 rings (SSSR count). The average molecular weight is 239 g/mol. The maximum Gasteiger partial charge on any atom is 0.123 e. The second-order valence-electron chi connectivity index (χ2n) is 3.18. The van der Waals surface area contributed by atoms with Crippen molar-refractivity contribution in [3.8, 4) is 0 Å². The highest BCUT2D eigenvalue weighted by Crippen LogP contribution is 2.20.